The molecule has 0 spiro atoms. The fraction of sp³-hybridized carbons (Fsp3) is 0.526. The Labute approximate surface area is 158 Å². The van der Waals surface area contributed by atoms with Crippen molar-refractivity contribution < 1.29 is 24.1 Å². The molecule has 0 amide bonds. The first kappa shape index (κ1) is 19.6. The van der Waals surface area contributed by atoms with Crippen LogP contribution in [0.3, 0.4) is 0 Å². The summed E-state index contributed by atoms with van der Waals surface area (Å²) in [5.74, 6) is -0.545. The van der Waals surface area contributed by atoms with Crippen LogP contribution in [-0.2, 0) is 14.2 Å². The number of aromatic nitrogens is 2. The van der Waals surface area contributed by atoms with Gasteiger partial charge in [0.25, 0.3) is 0 Å². The van der Waals surface area contributed by atoms with Crippen molar-refractivity contribution in [2.75, 3.05) is 27.3 Å². The number of carbonyl (C=O) groups excluding carboxylic acids is 1. The fourth-order valence-electron chi connectivity index (χ4n) is 3.09. The van der Waals surface area contributed by atoms with Gasteiger partial charge in [-0.15, -0.1) is 0 Å². The minimum absolute atomic E-state index is 0.0471. The van der Waals surface area contributed by atoms with Crippen molar-refractivity contribution in [1.82, 2.24) is 14.9 Å². The van der Waals surface area contributed by atoms with Crippen LogP contribution in [0, 0.1) is 0 Å². The second kappa shape index (κ2) is 8.71. The van der Waals surface area contributed by atoms with E-state index in [-0.39, 0.29) is 31.1 Å². The van der Waals surface area contributed by atoms with Crippen molar-refractivity contribution in [3.8, 4) is 0 Å². The van der Waals surface area contributed by atoms with Crippen LogP contribution in [-0.4, -0.2) is 77.8 Å². The Morgan fingerprint density at radius 1 is 1.30 bits per heavy atom. The van der Waals surface area contributed by atoms with E-state index >= 15 is 0 Å². The molecule has 1 aliphatic heterocycles. The lowest BCUT2D eigenvalue weighted by Crippen LogP contribution is -2.53. The van der Waals surface area contributed by atoms with Crippen molar-refractivity contribution in [2.24, 2.45) is 0 Å². The Kier molecular flexibility index (Phi) is 6.33. The predicted octanol–water partition coefficient (Wildman–Crippen LogP) is 1.23. The molecule has 2 aromatic rings. The molecule has 1 fully saturated rings. The standard InChI is InChI=1S/C19H25N3O5/c1-12-18(23)16(22(2)3)10-17(27-12)25-8-9-26-19(24)15-11-20-13-6-4-5-7-14(13)21-15/h4-7,11-12,16-18,23H,8-10H2,1-3H3/t12-,16-,17+,18-/m1/s1. The highest BCUT2D eigenvalue weighted by Gasteiger charge is 2.36. The molecule has 1 aromatic heterocycles. The number of hydrogen-bond acceptors (Lipinski definition) is 8. The Morgan fingerprint density at radius 2 is 2.04 bits per heavy atom. The third-order valence-electron chi connectivity index (χ3n) is 4.62. The van der Waals surface area contributed by atoms with E-state index in [1.54, 1.807) is 6.07 Å². The first-order valence-electron chi connectivity index (χ1n) is 8.96. The molecule has 0 aliphatic carbocycles. The molecule has 27 heavy (non-hydrogen) atoms. The highest BCUT2D eigenvalue weighted by Crippen LogP contribution is 2.23. The molecule has 1 saturated heterocycles. The monoisotopic (exact) mass is 375 g/mol. The van der Waals surface area contributed by atoms with Crippen LogP contribution < -0.4 is 0 Å². The van der Waals surface area contributed by atoms with E-state index in [9.17, 15) is 9.90 Å². The molecule has 0 unspecified atom stereocenters. The summed E-state index contributed by atoms with van der Waals surface area (Å²) >= 11 is 0. The van der Waals surface area contributed by atoms with Gasteiger partial charge in [0, 0.05) is 12.5 Å². The largest absolute Gasteiger partial charge is 0.458 e. The molecule has 8 nitrogen and oxygen atoms in total. The summed E-state index contributed by atoms with van der Waals surface area (Å²) in [6, 6.07) is 7.27. The highest BCUT2D eigenvalue weighted by atomic mass is 16.7. The zero-order valence-electron chi connectivity index (χ0n) is 15.7. The van der Waals surface area contributed by atoms with Crippen LogP contribution in [0.4, 0.5) is 0 Å². The van der Waals surface area contributed by atoms with Gasteiger partial charge < -0.3 is 24.2 Å². The van der Waals surface area contributed by atoms with E-state index in [1.165, 1.54) is 6.20 Å². The lowest BCUT2D eigenvalue weighted by atomic mass is 9.99. The van der Waals surface area contributed by atoms with Crippen molar-refractivity contribution in [2.45, 2.75) is 37.9 Å². The van der Waals surface area contributed by atoms with Gasteiger partial charge in [-0.2, -0.15) is 0 Å². The van der Waals surface area contributed by atoms with E-state index in [1.807, 2.05) is 44.1 Å². The van der Waals surface area contributed by atoms with E-state index in [0.717, 1.165) is 5.52 Å². The molecule has 3 rings (SSSR count). The summed E-state index contributed by atoms with van der Waals surface area (Å²) in [5.41, 5.74) is 1.52. The van der Waals surface area contributed by atoms with Crippen LogP contribution in [0.2, 0.25) is 0 Å². The Hall–Kier alpha value is -2.13. The molecule has 2 heterocycles. The molecule has 0 saturated carbocycles. The number of rotatable bonds is 6. The van der Waals surface area contributed by atoms with Gasteiger partial charge in [0.05, 0.1) is 36.0 Å². The molecule has 0 radical (unpaired) electrons. The summed E-state index contributed by atoms with van der Waals surface area (Å²) in [5, 5.41) is 10.2. The number of fused-ring (bicyclic) bond motifs is 1. The molecule has 4 atom stereocenters. The summed E-state index contributed by atoms with van der Waals surface area (Å²) < 4.78 is 16.5. The second-order valence-electron chi connectivity index (χ2n) is 6.78. The van der Waals surface area contributed by atoms with Gasteiger partial charge >= 0.3 is 5.97 Å². The van der Waals surface area contributed by atoms with Gasteiger partial charge in [-0.3, -0.25) is 4.98 Å². The number of esters is 1. The topological polar surface area (TPSA) is 94.0 Å². The van der Waals surface area contributed by atoms with Crippen molar-refractivity contribution in [3.05, 3.63) is 36.2 Å². The number of para-hydroxylation sites is 2. The van der Waals surface area contributed by atoms with Gasteiger partial charge in [0.1, 0.15) is 6.61 Å². The molecule has 1 N–H and O–H groups in total. The number of carbonyl (C=O) groups is 1. The van der Waals surface area contributed by atoms with Crippen LogP contribution in [0.1, 0.15) is 23.8 Å². The third kappa shape index (κ3) is 4.78. The van der Waals surface area contributed by atoms with Crippen LogP contribution in [0.15, 0.2) is 30.5 Å². The number of benzene rings is 1. The lowest BCUT2D eigenvalue weighted by molar-refractivity contribution is -0.236. The maximum atomic E-state index is 12.1. The number of aliphatic hydroxyl groups is 1. The maximum Gasteiger partial charge on any atom is 0.358 e. The third-order valence-corrected chi connectivity index (χ3v) is 4.62. The zero-order chi connectivity index (χ0) is 19.4. The van der Waals surface area contributed by atoms with Gasteiger partial charge in [0.2, 0.25) is 0 Å². The quantitative estimate of drug-likeness (QED) is 0.595. The van der Waals surface area contributed by atoms with E-state index in [2.05, 4.69) is 9.97 Å². The molecule has 146 valence electrons. The Morgan fingerprint density at radius 3 is 2.78 bits per heavy atom. The number of nitrogens with zero attached hydrogens (tertiary/aromatic N) is 3. The summed E-state index contributed by atoms with van der Waals surface area (Å²) in [7, 11) is 3.82. The first-order chi connectivity index (χ1) is 13.0. The normalized spacial score (nSPS) is 25.7. The van der Waals surface area contributed by atoms with Crippen LogP contribution in [0.5, 0.6) is 0 Å². The number of ether oxygens (including phenoxy) is 3. The maximum absolute atomic E-state index is 12.1. The van der Waals surface area contributed by atoms with E-state index < -0.39 is 18.4 Å². The number of hydrogen-bond donors (Lipinski definition) is 1. The average molecular weight is 375 g/mol. The zero-order valence-corrected chi connectivity index (χ0v) is 15.7. The molecule has 0 bridgehead atoms. The first-order valence-corrected chi connectivity index (χ1v) is 8.96. The SMILES string of the molecule is C[C@H]1O[C@H](OCCOC(=O)c2cnc3ccccc3n2)C[C@@H](N(C)C)[C@@H]1O. The van der Waals surface area contributed by atoms with Gasteiger partial charge in [-0.1, -0.05) is 12.1 Å². The molecule has 8 heteroatoms. The Bertz CT molecular complexity index is 785. The summed E-state index contributed by atoms with van der Waals surface area (Å²) in [4.78, 5) is 22.5. The van der Waals surface area contributed by atoms with Crippen molar-refractivity contribution >= 4 is 17.0 Å². The molecule has 1 aliphatic rings. The molecular weight excluding hydrogens is 350 g/mol. The lowest BCUT2D eigenvalue weighted by Gasteiger charge is -2.40. The van der Waals surface area contributed by atoms with Crippen molar-refractivity contribution in [3.63, 3.8) is 0 Å². The van der Waals surface area contributed by atoms with Gasteiger partial charge in [0.15, 0.2) is 12.0 Å². The van der Waals surface area contributed by atoms with Crippen LogP contribution in [0.25, 0.3) is 11.0 Å². The van der Waals surface area contributed by atoms with E-state index in [0.29, 0.717) is 11.9 Å². The Balaban J connectivity index is 1.47. The smallest absolute Gasteiger partial charge is 0.358 e. The molecule has 1 aromatic carbocycles. The van der Waals surface area contributed by atoms with Crippen LogP contribution >= 0.6 is 0 Å². The minimum atomic E-state index is -0.566. The van der Waals surface area contributed by atoms with Gasteiger partial charge in [-0.05, 0) is 33.2 Å². The second-order valence-corrected chi connectivity index (χ2v) is 6.78. The fourth-order valence-corrected chi connectivity index (χ4v) is 3.09. The minimum Gasteiger partial charge on any atom is -0.458 e. The van der Waals surface area contributed by atoms with E-state index in [4.69, 9.17) is 14.2 Å². The highest BCUT2D eigenvalue weighted by molar-refractivity contribution is 5.89. The van der Waals surface area contributed by atoms with Gasteiger partial charge in [-0.25, -0.2) is 9.78 Å². The number of likely N-dealkylation sites (N-methyl/N-ethyl adjacent to an activating group) is 1. The summed E-state index contributed by atoms with van der Waals surface area (Å²) in [6.07, 6.45) is 0.606. The average Bonchev–Trinajstić information content (AvgIpc) is 2.66. The predicted molar refractivity (Wildman–Crippen MR) is 98.2 cm³/mol. The number of aliphatic hydroxyl groups excluding tert-OH is 1. The molecular formula is C19H25N3O5. The summed E-state index contributed by atoms with van der Waals surface area (Å²) in [6.45, 7) is 2.09. The van der Waals surface area contributed by atoms with Crippen molar-refractivity contribution in [1.29, 1.82) is 0 Å².